The van der Waals surface area contributed by atoms with Gasteiger partial charge in [-0.3, -0.25) is 4.79 Å². The largest absolute Gasteiger partial charge is 0.353 e. The lowest BCUT2D eigenvalue weighted by Crippen LogP contribution is -2.33. The van der Waals surface area contributed by atoms with Crippen molar-refractivity contribution in [3.05, 3.63) is 11.4 Å². The van der Waals surface area contributed by atoms with Crippen LogP contribution >= 0.6 is 23.5 Å². The fraction of sp³-hybridized carbons (Fsp3) is 0.700. The first-order valence-electron chi connectivity index (χ1n) is 5.28. The summed E-state index contributed by atoms with van der Waals surface area (Å²) in [7, 11) is 0. The van der Waals surface area contributed by atoms with Gasteiger partial charge in [0.15, 0.2) is 0 Å². The van der Waals surface area contributed by atoms with E-state index in [2.05, 4.69) is 21.0 Å². The van der Waals surface area contributed by atoms with Gasteiger partial charge in [0.25, 0.3) is 0 Å². The van der Waals surface area contributed by atoms with Gasteiger partial charge in [-0.2, -0.15) is 8.75 Å². The van der Waals surface area contributed by atoms with E-state index < -0.39 is 0 Å². The molecule has 1 N–H and O–H groups in total. The molecule has 4 nitrogen and oxygen atoms in total. The van der Waals surface area contributed by atoms with Crippen molar-refractivity contribution >= 4 is 29.4 Å². The predicted octanol–water partition coefficient (Wildman–Crippen LogP) is 1.99. The number of nitrogens with zero attached hydrogens (tertiary/aromatic N) is 2. The highest BCUT2D eigenvalue weighted by Gasteiger charge is 2.07. The Kier molecular flexibility index (Phi) is 5.76. The van der Waals surface area contributed by atoms with Crippen LogP contribution in [-0.4, -0.2) is 26.4 Å². The molecule has 1 aromatic heterocycles. The number of carbonyl (C=O) groups excluding carboxylic acids is 1. The zero-order valence-electron chi connectivity index (χ0n) is 9.82. The van der Waals surface area contributed by atoms with Crippen LogP contribution in [0.5, 0.6) is 0 Å². The van der Waals surface area contributed by atoms with E-state index in [-0.39, 0.29) is 11.9 Å². The molecule has 0 spiro atoms. The smallest absolute Gasteiger partial charge is 0.230 e. The molecule has 0 aromatic carbocycles. The van der Waals surface area contributed by atoms with Crippen LogP contribution in [0.2, 0.25) is 0 Å². The van der Waals surface area contributed by atoms with E-state index in [0.29, 0.717) is 5.75 Å². The molecule has 1 atom stereocenters. The monoisotopic (exact) mass is 259 g/mol. The van der Waals surface area contributed by atoms with E-state index >= 15 is 0 Å². The van der Waals surface area contributed by atoms with Crippen molar-refractivity contribution in [1.29, 1.82) is 0 Å². The molecule has 1 amide bonds. The zero-order valence-corrected chi connectivity index (χ0v) is 11.5. The normalized spacial score (nSPS) is 12.4. The average molecular weight is 259 g/mol. The molecular formula is C10H17N3OS2. The standard InChI is InChI=1S/C10H17N3OS2/c1-4-7(2)11-10(14)6-15-5-9-8(3)12-16-13-9/h7H,4-6H2,1-3H3,(H,11,14). The van der Waals surface area contributed by atoms with Gasteiger partial charge in [0.05, 0.1) is 28.9 Å². The Balaban J connectivity index is 2.21. The van der Waals surface area contributed by atoms with Crippen molar-refractivity contribution in [2.75, 3.05) is 5.75 Å². The first-order valence-corrected chi connectivity index (χ1v) is 7.17. The lowest BCUT2D eigenvalue weighted by molar-refractivity contribution is -0.119. The number of hydrogen-bond acceptors (Lipinski definition) is 5. The molecule has 0 aliphatic heterocycles. The molecule has 90 valence electrons. The summed E-state index contributed by atoms with van der Waals surface area (Å²) in [5, 5.41) is 2.93. The van der Waals surface area contributed by atoms with E-state index in [9.17, 15) is 4.79 Å². The molecule has 0 bridgehead atoms. The van der Waals surface area contributed by atoms with Crippen molar-refractivity contribution in [2.24, 2.45) is 0 Å². The maximum absolute atomic E-state index is 11.5. The topological polar surface area (TPSA) is 54.9 Å². The van der Waals surface area contributed by atoms with E-state index in [0.717, 1.165) is 23.6 Å². The van der Waals surface area contributed by atoms with Gasteiger partial charge in [-0.15, -0.1) is 11.8 Å². The highest BCUT2D eigenvalue weighted by Crippen LogP contribution is 2.13. The molecule has 6 heteroatoms. The average Bonchev–Trinajstić information content (AvgIpc) is 2.64. The van der Waals surface area contributed by atoms with Crippen LogP contribution in [0.3, 0.4) is 0 Å². The molecule has 0 saturated carbocycles. The predicted molar refractivity (Wildman–Crippen MR) is 68.7 cm³/mol. The lowest BCUT2D eigenvalue weighted by atomic mass is 10.3. The number of nitrogens with one attached hydrogen (secondary N) is 1. The molecule has 16 heavy (non-hydrogen) atoms. The fourth-order valence-electron chi connectivity index (χ4n) is 1.04. The summed E-state index contributed by atoms with van der Waals surface area (Å²) in [6.45, 7) is 6.01. The van der Waals surface area contributed by atoms with E-state index in [1.165, 1.54) is 11.7 Å². The summed E-state index contributed by atoms with van der Waals surface area (Å²) in [5.41, 5.74) is 1.96. The highest BCUT2D eigenvalue weighted by atomic mass is 32.2. The Morgan fingerprint density at radius 3 is 2.88 bits per heavy atom. The van der Waals surface area contributed by atoms with Crippen LogP contribution in [0, 0.1) is 6.92 Å². The molecular weight excluding hydrogens is 242 g/mol. The molecule has 1 aromatic rings. The van der Waals surface area contributed by atoms with Gasteiger partial charge < -0.3 is 5.32 Å². The Morgan fingerprint density at radius 1 is 1.56 bits per heavy atom. The third-order valence-corrected chi connectivity index (χ3v) is 3.84. The number of rotatable bonds is 6. The van der Waals surface area contributed by atoms with E-state index in [1.54, 1.807) is 11.8 Å². The number of aryl methyl sites for hydroxylation is 1. The summed E-state index contributed by atoms with van der Waals surface area (Å²) in [6.07, 6.45) is 0.964. The second-order valence-corrected chi connectivity index (χ2v) is 5.18. The molecule has 1 unspecified atom stereocenters. The highest BCUT2D eigenvalue weighted by molar-refractivity contribution is 7.99. The summed E-state index contributed by atoms with van der Waals surface area (Å²) >= 11 is 2.80. The second kappa shape index (κ2) is 6.85. The molecule has 0 fully saturated rings. The Hall–Kier alpha value is -0.620. The molecule has 0 aliphatic rings. The minimum Gasteiger partial charge on any atom is -0.353 e. The molecule has 1 rings (SSSR count). The van der Waals surface area contributed by atoms with Gasteiger partial charge in [-0.25, -0.2) is 0 Å². The van der Waals surface area contributed by atoms with Gasteiger partial charge in [0, 0.05) is 11.8 Å². The number of hydrogen-bond donors (Lipinski definition) is 1. The summed E-state index contributed by atoms with van der Waals surface area (Å²) in [4.78, 5) is 11.5. The molecule has 0 radical (unpaired) electrons. The number of carbonyl (C=O) groups is 1. The fourth-order valence-corrected chi connectivity index (χ4v) is 2.52. The SMILES string of the molecule is CCC(C)NC(=O)CSCc1nsnc1C. The Morgan fingerprint density at radius 2 is 2.31 bits per heavy atom. The van der Waals surface area contributed by atoms with Crippen molar-refractivity contribution < 1.29 is 4.79 Å². The minimum atomic E-state index is 0.0974. The first kappa shape index (κ1) is 13.4. The summed E-state index contributed by atoms with van der Waals surface area (Å²) in [6, 6.07) is 0.260. The van der Waals surface area contributed by atoms with Crippen molar-refractivity contribution in [3.8, 4) is 0 Å². The van der Waals surface area contributed by atoms with Crippen LogP contribution in [0.1, 0.15) is 31.7 Å². The molecule has 0 saturated heterocycles. The zero-order chi connectivity index (χ0) is 12.0. The van der Waals surface area contributed by atoms with Gasteiger partial charge >= 0.3 is 0 Å². The number of amides is 1. The van der Waals surface area contributed by atoms with E-state index in [1.807, 2.05) is 13.8 Å². The summed E-state index contributed by atoms with van der Waals surface area (Å²) in [5.74, 6) is 1.34. The van der Waals surface area contributed by atoms with Crippen LogP contribution < -0.4 is 5.32 Å². The molecule has 1 heterocycles. The number of aromatic nitrogens is 2. The first-order chi connectivity index (χ1) is 7.63. The second-order valence-electron chi connectivity index (χ2n) is 3.67. The van der Waals surface area contributed by atoms with Crippen LogP contribution in [-0.2, 0) is 10.5 Å². The van der Waals surface area contributed by atoms with Gasteiger partial charge in [0.1, 0.15) is 0 Å². The van der Waals surface area contributed by atoms with Crippen LogP contribution in [0.4, 0.5) is 0 Å². The minimum absolute atomic E-state index is 0.0974. The van der Waals surface area contributed by atoms with E-state index in [4.69, 9.17) is 0 Å². The maximum atomic E-state index is 11.5. The van der Waals surface area contributed by atoms with Crippen LogP contribution in [0.25, 0.3) is 0 Å². The maximum Gasteiger partial charge on any atom is 0.230 e. The third kappa shape index (κ3) is 4.49. The van der Waals surface area contributed by atoms with Crippen molar-refractivity contribution in [1.82, 2.24) is 14.1 Å². The Labute approximate surface area is 105 Å². The Bertz CT molecular complexity index is 341. The molecule has 0 aliphatic carbocycles. The third-order valence-electron chi connectivity index (χ3n) is 2.24. The van der Waals surface area contributed by atoms with Crippen LogP contribution in [0.15, 0.2) is 0 Å². The number of thioether (sulfide) groups is 1. The van der Waals surface area contributed by atoms with Gasteiger partial charge in [-0.05, 0) is 20.3 Å². The van der Waals surface area contributed by atoms with Gasteiger partial charge in [-0.1, -0.05) is 6.92 Å². The lowest BCUT2D eigenvalue weighted by Gasteiger charge is -2.10. The quantitative estimate of drug-likeness (QED) is 0.849. The summed E-state index contributed by atoms with van der Waals surface area (Å²) < 4.78 is 8.26. The van der Waals surface area contributed by atoms with Crippen molar-refractivity contribution in [3.63, 3.8) is 0 Å². The van der Waals surface area contributed by atoms with Gasteiger partial charge in [0.2, 0.25) is 5.91 Å². The van der Waals surface area contributed by atoms with Crippen molar-refractivity contribution in [2.45, 2.75) is 39.0 Å².